The van der Waals surface area contributed by atoms with Crippen molar-refractivity contribution in [3.8, 4) is 5.75 Å². The average molecular weight is 392 g/mol. The number of carbonyl (C=O) groups is 2. The van der Waals surface area contributed by atoms with Crippen LogP contribution in [0.15, 0.2) is 53.6 Å². The van der Waals surface area contributed by atoms with Crippen LogP contribution in [-0.2, 0) is 4.79 Å². The van der Waals surface area contributed by atoms with E-state index in [1.807, 2.05) is 41.3 Å². The Morgan fingerprint density at radius 3 is 2.24 bits per heavy atom. The topological polar surface area (TPSA) is 74.2 Å². The summed E-state index contributed by atoms with van der Waals surface area (Å²) in [6.45, 7) is 2.95. The average Bonchev–Trinajstić information content (AvgIpc) is 2.79. The number of nitrogens with zero attached hydrogens (tertiary/aromatic N) is 3. The first-order valence-electron chi connectivity index (χ1n) is 9.78. The van der Waals surface area contributed by atoms with Crippen molar-refractivity contribution in [2.45, 2.75) is 12.8 Å². The molecule has 29 heavy (non-hydrogen) atoms. The molecular formula is C22H24N4O3. The molecule has 0 saturated carbocycles. The summed E-state index contributed by atoms with van der Waals surface area (Å²) in [4.78, 5) is 28.1. The van der Waals surface area contributed by atoms with Crippen LogP contribution in [0.2, 0.25) is 0 Å². The van der Waals surface area contributed by atoms with Gasteiger partial charge in [-0.3, -0.25) is 9.59 Å². The van der Waals surface area contributed by atoms with Crippen molar-refractivity contribution in [2.75, 3.05) is 38.2 Å². The largest absolute Gasteiger partial charge is 0.497 e. The fourth-order valence-electron chi connectivity index (χ4n) is 3.63. The van der Waals surface area contributed by atoms with Gasteiger partial charge in [0.15, 0.2) is 0 Å². The number of amides is 2. The molecular weight excluding hydrogens is 368 g/mol. The summed E-state index contributed by atoms with van der Waals surface area (Å²) in [7, 11) is 1.61. The molecule has 1 fully saturated rings. The zero-order valence-corrected chi connectivity index (χ0v) is 16.4. The minimum atomic E-state index is -0.0348. The summed E-state index contributed by atoms with van der Waals surface area (Å²) in [5, 5.41) is 4.14. The molecule has 0 unspecified atom stereocenters. The van der Waals surface area contributed by atoms with Gasteiger partial charge in [-0.1, -0.05) is 12.1 Å². The van der Waals surface area contributed by atoms with E-state index >= 15 is 0 Å². The number of nitrogens with one attached hydrogen (secondary N) is 1. The van der Waals surface area contributed by atoms with Gasteiger partial charge in [0.25, 0.3) is 5.91 Å². The van der Waals surface area contributed by atoms with E-state index in [2.05, 4.69) is 27.6 Å². The first-order chi connectivity index (χ1) is 14.1. The monoisotopic (exact) mass is 392 g/mol. The highest BCUT2D eigenvalue weighted by Crippen LogP contribution is 2.20. The maximum absolute atomic E-state index is 12.7. The Labute approximate surface area is 169 Å². The zero-order valence-electron chi connectivity index (χ0n) is 16.4. The molecule has 7 nitrogen and oxygen atoms in total. The van der Waals surface area contributed by atoms with Crippen LogP contribution in [-0.4, -0.2) is 55.7 Å². The second kappa shape index (κ2) is 8.34. The van der Waals surface area contributed by atoms with Gasteiger partial charge in [0, 0.05) is 50.3 Å². The second-order valence-electron chi connectivity index (χ2n) is 7.15. The fraction of sp³-hybridized carbons (Fsp3) is 0.318. The molecule has 0 radical (unpaired) electrons. The predicted octanol–water partition coefficient (Wildman–Crippen LogP) is 2.27. The third-order valence-corrected chi connectivity index (χ3v) is 5.37. The highest BCUT2D eigenvalue weighted by molar-refractivity contribution is 6.04. The van der Waals surface area contributed by atoms with E-state index in [-0.39, 0.29) is 11.8 Å². The Kier molecular flexibility index (Phi) is 5.46. The first kappa shape index (κ1) is 19.0. The molecule has 2 aromatic rings. The molecule has 0 bridgehead atoms. The summed E-state index contributed by atoms with van der Waals surface area (Å²) >= 11 is 0. The van der Waals surface area contributed by atoms with Gasteiger partial charge in [0.05, 0.1) is 12.8 Å². The van der Waals surface area contributed by atoms with Crippen LogP contribution in [0.4, 0.5) is 5.69 Å². The summed E-state index contributed by atoms with van der Waals surface area (Å²) in [6, 6.07) is 15.5. The van der Waals surface area contributed by atoms with Crippen LogP contribution in [0, 0.1) is 0 Å². The van der Waals surface area contributed by atoms with Gasteiger partial charge in [0.2, 0.25) is 5.91 Å². The number of hydrazone groups is 1. The maximum atomic E-state index is 12.7. The van der Waals surface area contributed by atoms with Crippen molar-refractivity contribution in [1.82, 2.24) is 10.3 Å². The predicted molar refractivity (Wildman–Crippen MR) is 111 cm³/mol. The number of hydrogen-bond donors (Lipinski definition) is 1. The van der Waals surface area contributed by atoms with E-state index in [4.69, 9.17) is 4.74 Å². The van der Waals surface area contributed by atoms with Gasteiger partial charge < -0.3 is 14.5 Å². The van der Waals surface area contributed by atoms with Crippen molar-refractivity contribution in [2.24, 2.45) is 5.10 Å². The molecule has 2 heterocycles. The third kappa shape index (κ3) is 4.23. The molecule has 2 amide bonds. The van der Waals surface area contributed by atoms with Gasteiger partial charge in [0.1, 0.15) is 5.75 Å². The normalized spacial score (nSPS) is 16.9. The van der Waals surface area contributed by atoms with E-state index in [0.29, 0.717) is 31.5 Å². The number of methoxy groups -OCH3 is 1. The molecule has 1 saturated heterocycles. The van der Waals surface area contributed by atoms with E-state index < -0.39 is 0 Å². The highest BCUT2D eigenvalue weighted by Gasteiger charge is 2.22. The summed E-state index contributed by atoms with van der Waals surface area (Å²) in [5.74, 6) is 0.767. The van der Waals surface area contributed by atoms with Crippen LogP contribution in [0.5, 0.6) is 5.75 Å². The van der Waals surface area contributed by atoms with Crippen molar-refractivity contribution in [3.63, 3.8) is 0 Å². The van der Waals surface area contributed by atoms with Gasteiger partial charge >= 0.3 is 0 Å². The highest BCUT2D eigenvalue weighted by atomic mass is 16.5. The number of piperazine rings is 1. The number of benzene rings is 2. The minimum Gasteiger partial charge on any atom is -0.497 e. The SMILES string of the molecule is COc1ccc(C(=O)N2CCN(c3ccc(C4=NNC(=O)CC4)cc3)CC2)cc1. The van der Waals surface area contributed by atoms with Crippen LogP contribution in [0.3, 0.4) is 0 Å². The zero-order chi connectivity index (χ0) is 20.2. The van der Waals surface area contributed by atoms with E-state index in [1.54, 1.807) is 7.11 Å². The molecule has 2 aliphatic rings. The maximum Gasteiger partial charge on any atom is 0.253 e. The Morgan fingerprint density at radius 2 is 1.66 bits per heavy atom. The standard InChI is InChI=1S/C22H24N4O3/c1-29-19-8-4-17(5-9-19)22(28)26-14-12-25(13-15-26)18-6-2-16(3-7-18)20-10-11-21(27)24-23-20/h2-9H,10-15H2,1H3,(H,24,27). The van der Waals surface area contributed by atoms with Crippen molar-refractivity contribution < 1.29 is 14.3 Å². The van der Waals surface area contributed by atoms with E-state index in [9.17, 15) is 9.59 Å². The fourth-order valence-corrected chi connectivity index (χ4v) is 3.63. The van der Waals surface area contributed by atoms with Gasteiger partial charge in [-0.15, -0.1) is 0 Å². The molecule has 7 heteroatoms. The van der Waals surface area contributed by atoms with Crippen LogP contribution >= 0.6 is 0 Å². The van der Waals surface area contributed by atoms with Crippen molar-refractivity contribution in [3.05, 3.63) is 59.7 Å². The second-order valence-corrected chi connectivity index (χ2v) is 7.15. The van der Waals surface area contributed by atoms with Crippen LogP contribution in [0.25, 0.3) is 0 Å². The molecule has 0 aliphatic carbocycles. The lowest BCUT2D eigenvalue weighted by Gasteiger charge is -2.36. The van der Waals surface area contributed by atoms with Gasteiger partial charge in [-0.25, -0.2) is 5.43 Å². The molecule has 2 aromatic carbocycles. The van der Waals surface area contributed by atoms with Crippen molar-refractivity contribution in [1.29, 1.82) is 0 Å². The third-order valence-electron chi connectivity index (χ3n) is 5.37. The number of ether oxygens (including phenoxy) is 1. The lowest BCUT2D eigenvalue weighted by atomic mass is 10.0. The number of carbonyl (C=O) groups excluding carboxylic acids is 2. The number of hydrogen-bond acceptors (Lipinski definition) is 5. The Hall–Kier alpha value is -3.35. The molecule has 4 rings (SSSR count). The number of anilines is 1. The minimum absolute atomic E-state index is 0.0348. The molecule has 0 aromatic heterocycles. The molecule has 0 atom stereocenters. The smallest absolute Gasteiger partial charge is 0.253 e. The molecule has 1 N–H and O–H groups in total. The molecule has 0 spiro atoms. The number of rotatable bonds is 4. The van der Waals surface area contributed by atoms with Gasteiger partial charge in [-0.05, 0) is 42.0 Å². The Bertz CT molecular complexity index is 914. The summed E-state index contributed by atoms with van der Waals surface area (Å²) in [5.41, 5.74) is 6.29. The first-order valence-corrected chi connectivity index (χ1v) is 9.78. The lowest BCUT2D eigenvalue weighted by molar-refractivity contribution is -0.121. The summed E-state index contributed by atoms with van der Waals surface area (Å²) in [6.07, 6.45) is 1.14. The Morgan fingerprint density at radius 1 is 0.966 bits per heavy atom. The quantitative estimate of drug-likeness (QED) is 0.866. The van der Waals surface area contributed by atoms with Crippen LogP contribution < -0.4 is 15.1 Å². The Balaban J connectivity index is 1.35. The van der Waals surface area contributed by atoms with Crippen LogP contribution in [0.1, 0.15) is 28.8 Å². The van der Waals surface area contributed by atoms with E-state index in [1.165, 1.54) is 0 Å². The molecule has 150 valence electrons. The van der Waals surface area contributed by atoms with Crippen molar-refractivity contribution >= 4 is 23.2 Å². The lowest BCUT2D eigenvalue weighted by Crippen LogP contribution is -2.48. The summed E-state index contributed by atoms with van der Waals surface area (Å²) < 4.78 is 5.15. The van der Waals surface area contributed by atoms with Gasteiger partial charge in [-0.2, -0.15) is 5.10 Å². The molecule has 2 aliphatic heterocycles. The van der Waals surface area contributed by atoms with E-state index in [0.717, 1.165) is 35.8 Å².